The molecular formula is C22H22FNO5. The van der Waals surface area contributed by atoms with E-state index in [0.717, 1.165) is 0 Å². The van der Waals surface area contributed by atoms with Crippen molar-refractivity contribution >= 4 is 17.4 Å². The second-order valence-corrected chi connectivity index (χ2v) is 6.59. The largest absolute Gasteiger partial charge is 0.507 e. The van der Waals surface area contributed by atoms with E-state index in [1.54, 1.807) is 30.3 Å². The summed E-state index contributed by atoms with van der Waals surface area (Å²) in [6.07, 6.45) is 0.469. The minimum absolute atomic E-state index is 0.136. The smallest absolute Gasteiger partial charge is 0.295 e. The van der Waals surface area contributed by atoms with Crippen molar-refractivity contribution in [2.75, 3.05) is 27.4 Å². The van der Waals surface area contributed by atoms with E-state index in [1.165, 1.54) is 37.3 Å². The molecule has 1 atom stereocenters. The molecule has 3 rings (SSSR count). The number of carbonyl (C=O) groups is 2. The molecule has 0 aromatic heterocycles. The van der Waals surface area contributed by atoms with Crippen LogP contribution in [0.4, 0.5) is 4.39 Å². The van der Waals surface area contributed by atoms with Crippen LogP contribution in [-0.4, -0.2) is 49.1 Å². The van der Waals surface area contributed by atoms with Gasteiger partial charge in [0.15, 0.2) is 0 Å². The maximum Gasteiger partial charge on any atom is 0.295 e. The first-order chi connectivity index (χ1) is 14.0. The monoisotopic (exact) mass is 399 g/mol. The van der Waals surface area contributed by atoms with E-state index in [-0.39, 0.29) is 23.4 Å². The molecule has 0 saturated carbocycles. The van der Waals surface area contributed by atoms with E-state index in [9.17, 15) is 19.1 Å². The van der Waals surface area contributed by atoms with Gasteiger partial charge in [-0.05, 0) is 36.8 Å². The molecule has 0 spiro atoms. The molecule has 1 saturated heterocycles. The summed E-state index contributed by atoms with van der Waals surface area (Å²) >= 11 is 0. The number of benzene rings is 2. The quantitative estimate of drug-likeness (QED) is 0.335. The lowest BCUT2D eigenvalue weighted by Crippen LogP contribution is -2.31. The molecule has 6 nitrogen and oxygen atoms in total. The summed E-state index contributed by atoms with van der Waals surface area (Å²) in [7, 11) is 3.05. The summed E-state index contributed by atoms with van der Waals surface area (Å²) < 4.78 is 24.7. The minimum atomic E-state index is -1.02. The zero-order chi connectivity index (χ0) is 21.0. The second-order valence-electron chi connectivity index (χ2n) is 6.59. The van der Waals surface area contributed by atoms with Gasteiger partial charge in [0.25, 0.3) is 11.7 Å². The van der Waals surface area contributed by atoms with Gasteiger partial charge in [0.2, 0.25) is 0 Å². The summed E-state index contributed by atoms with van der Waals surface area (Å²) in [4.78, 5) is 26.8. The van der Waals surface area contributed by atoms with Crippen LogP contribution in [0.25, 0.3) is 5.76 Å². The summed E-state index contributed by atoms with van der Waals surface area (Å²) in [6, 6.07) is 11.3. The Hall–Kier alpha value is -3.19. The van der Waals surface area contributed by atoms with Crippen LogP contribution in [0.15, 0.2) is 54.1 Å². The summed E-state index contributed by atoms with van der Waals surface area (Å²) in [6.45, 7) is 0.572. The third-order valence-corrected chi connectivity index (χ3v) is 4.85. The standard InChI is InChI=1S/C22H22FNO5/c1-28-13-5-12-24-19(16-6-3-4-7-17(16)23)18(21(26)22(24)27)20(25)14-8-10-15(29-2)11-9-14/h3-4,6-11,19,25H,5,12-13H2,1-2H3/b20-18+. The van der Waals surface area contributed by atoms with Crippen molar-refractivity contribution < 1.29 is 28.6 Å². The number of ether oxygens (including phenoxy) is 2. The Kier molecular flexibility index (Phi) is 6.29. The van der Waals surface area contributed by atoms with Gasteiger partial charge in [-0.25, -0.2) is 4.39 Å². The Balaban J connectivity index is 2.12. The van der Waals surface area contributed by atoms with Crippen molar-refractivity contribution in [3.63, 3.8) is 0 Å². The van der Waals surface area contributed by atoms with Crippen LogP contribution in [0.5, 0.6) is 5.75 Å². The van der Waals surface area contributed by atoms with Crippen molar-refractivity contribution in [2.24, 2.45) is 0 Å². The van der Waals surface area contributed by atoms with Gasteiger partial charge < -0.3 is 19.5 Å². The van der Waals surface area contributed by atoms with Crippen molar-refractivity contribution in [1.82, 2.24) is 4.90 Å². The number of methoxy groups -OCH3 is 2. The Bertz CT molecular complexity index is 938. The number of nitrogens with zero attached hydrogens (tertiary/aromatic N) is 1. The van der Waals surface area contributed by atoms with Crippen molar-refractivity contribution in [3.8, 4) is 5.75 Å². The topological polar surface area (TPSA) is 76.1 Å². The highest BCUT2D eigenvalue weighted by Gasteiger charge is 2.46. The molecule has 2 aromatic rings. The molecule has 0 aliphatic carbocycles. The number of Topliss-reactive ketones (excluding diaryl/α,β-unsaturated/α-hetero) is 1. The van der Waals surface area contributed by atoms with Crippen molar-refractivity contribution in [3.05, 3.63) is 71.0 Å². The normalized spacial score (nSPS) is 18.3. The summed E-state index contributed by atoms with van der Waals surface area (Å²) in [5.41, 5.74) is 0.351. The lowest BCUT2D eigenvalue weighted by atomic mass is 9.95. The summed E-state index contributed by atoms with van der Waals surface area (Å²) in [5.74, 6) is -1.95. The molecule has 1 heterocycles. The van der Waals surface area contributed by atoms with E-state index in [0.29, 0.717) is 24.3 Å². The first kappa shape index (κ1) is 20.5. The molecule has 1 aliphatic rings. The molecule has 1 aliphatic heterocycles. The van der Waals surface area contributed by atoms with Gasteiger partial charge in [-0.3, -0.25) is 9.59 Å². The van der Waals surface area contributed by atoms with Crippen molar-refractivity contribution in [2.45, 2.75) is 12.5 Å². The molecule has 1 fully saturated rings. The second kappa shape index (κ2) is 8.87. The molecule has 1 N–H and O–H groups in total. The fraction of sp³-hybridized carbons (Fsp3) is 0.273. The number of hydrogen-bond acceptors (Lipinski definition) is 5. The van der Waals surface area contributed by atoms with E-state index >= 15 is 0 Å². The molecular weight excluding hydrogens is 377 g/mol. The highest BCUT2D eigenvalue weighted by atomic mass is 19.1. The van der Waals surface area contributed by atoms with Gasteiger partial charge >= 0.3 is 0 Å². The Morgan fingerprint density at radius 3 is 2.41 bits per heavy atom. The average molecular weight is 399 g/mol. The van der Waals surface area contributed by atoms with E-state index in [4.69, 9.17) is 9.47 Å². The number of aliphatic hydroxyl groups is 1. The number of amides is 1. The van der Waals surface area contributed by atoms with Crippen LogP contribution in [0.1, 0.15) is 23.6 Å². The van der Waals surface area contributed by atoms with Gasteiger partial charge in [-0.15, -0.1) is 0 Å². The number of likely N-dealkylation sites (tertiary alicyclic amines) is 1. The zero-order valence-electron chi connectivity index (χ0n) is 16.2. The van der Waals surface area contributed by atoms with Gasteiger partial charge in [-0.2, -0.15) is 0 Å². The molecule has 0 bridgehead atoms. The van der Waals surface area contributed by atoms with Gasteiger partial charge in [0.05, 0.1) is 18.7 Å². The third-order valence-electron chi connectivity index (χ3n) is 4.85. The SMILES string of the molecule is COCCCN1C(=O)C(=O)/C(=C(/O)c2ccc(OC)cc2)C1c1ccccc1F. The number of aliphatic hydroxyl groups excluding tert-OH is 1. The maximum absolute atomic E-state index is 14.6. The Morgan fingerprint density at radius 2 is 1.79 bits per heavy atom. The fourth-order valence-corrected chi connectivity index (χ4v) is 3.41. The van der Waals surface area contributed by atoms with Gasteiger partial charge in [0, 0.05) is 31.4 Å². The third kappa shape index (κ3) is 4.00. The fourth-order valence-electron chi connectivity index (χ4n) is 3.41. The first-order valence-corrected chi connectivity index (χ1v) is 9.15. The summed E-state index contributed by atoms with van der Waals surface area (Å²) in [5, 5.41) is 10.9. The Labute approximate surface area is 168 Å². The van der Waals surface area contributed by atoms with Crippen LogP contribution in [0.3, 0.4) is 0 Å². The highest BCUT2D eigenvalue weighted by molar-refractivity contribution is 6.46. The van der Waals surface area contributed by atoms with E-state index < -0.39 is 23.5 Å². The molecule has 152 valence electrons. The highest BCUT2D eigenvalue weighted by Crippen LogP contribution is 2.40. The number of ketones is 1. The average Bonchev–Trinajstić information content (AvgIpc) is 2.98. The molecule has 29 heavy (non-hydrogen) atoms. The number of rotatable bonds is 7. The lowest BCUT2D eigenvalue weighted by molar-refractivity contribution is -0.140. The number of hydrogen-bond donors (Lipinski definition) is 1. The number of carbonyl (C=O) groups excluding carboxylic acids is 2. The van der Waals surface area contributed by atoms with Crippen LogP contribution in [-0.2, 0) is 14.3 Å². The van der Waals surface area contributed by atoms with Crippen molar-refractivity contribution in [1.29, 1.82) is 0 Å². The lowest BCUT2D eigenvalue weighted by Gasteiger charge is -2.25. The van der Waals surface area contributed by atoms with Crippen LogP contribution >= 0.6 is 0 Å². The molecule has 1 amide bonds. The first-order valence-electron chi connectivity index (χ1n) is 9.15. The van der Waals surface area contributed by atoms with E-state index in [2.05, 4.69) is 0 Å². The van der Waals surface area contributed by atoms with Crippen LogP contribution in [0, 0.1) is 5.82 Å². The zero-order valence-corrected chi connectivity index (χ0v) is 16.2. The van der Waals surface area contributed by atoms with Gasteiger partial charge in [0.1, 0.15) is 17.3 Å². The molecule has 1 unspecified atom stereocenters. The minimum Gasteiger partial charge on any atom is -0.507 e. The Morgan fingerprint density at radius 1 is 1.10 bits per heavy atom. The number of halogens is 1. The predicted molar refractivity (Wildman–Crippen MR) is 105 cm³/mol. The van der Waals surface area contributed by atoms with E-state index in [1.807, 2.05) is 0 Å². The molecule has 7 heteroatoms. The van der Waals surface area contributed by atoms with Crippen LogP contribution < -0.4 is 4.74 Å². The molecule has 2 aromatic carbocycles. The van der Waals surface area contributed by atoms with Gasteiger partial charge in [-0.1, -0.05) is 18.2 Å². The maximum atomic E-state index is 14.6. The van der Waals surface area contributed by atoms with Crippen LogP contribution in [0.2, 0.25) is 0 Å². The predicted octanol–water partition coefficient (Wildman–Crippen LogP) is 3.29. The molecule has 0 radical (unpaired) electrons.